The van der Waals surface area contributed by atoms with Crippen molar-refractivity contribution in [1.29, 1.82) is 0 Å². The van der Waals surface area contributed by atoms with Crippen molar-refractivity contribution in [3.8, 4) is 5.75 Å². The van der Waals surface area contributed by atoms with Gasteiger partial charge in [-0.15, -0.1) is 0 Å². The van der Waals surface area contributed by atoms with E-state index in [0.29, 0.717) is 5.56 Å². The summed E-state index contributed by atoms with van der Waals surface area (Å²) in [5.74, 6) is -4.60. The Labute approximate surface area is 201 Å². The molecule has 192 valence electrons. The minimum atomic E-state index is -1.28. The van der Waals surface area contributed by atoms with Gasteiger partial charge in [0.15, 0.2) is 0 Å². The third kappa shape index (κ3) is 11.0. The summed E-state index contributed by atoms with van der Waals surface area (Å²) in [7, 11) is 0. The Morgan fingerprint density at radius 3 is 1.71 bits per heavy atom. The lowest BCUT2D eigenvalue weighted by Gasteiger charge is -2.17. The van der Waals surface area contributed by atoms with Gasteiger partial charge in [-0.1, -0.05) is 12.1 Å². The topological polar surface area (TPSA) is 229 Å². The summed E-state index contributed by atoms with van der Waals surface area (Å²) in [6.07, 6.45) is -0.0397. The SMILES string of the molecule is C[C@H](NC(=O)CN)C(=O)NCC(=O)N[C@@H](C)C(=O)NCC(=O)N[C@@H](Cc1ccc(O)cc1)C(=O)O. The number of carbonyl (C=O) groups is 6. The maximum absolute atomic E-state index is 12.1. The van der Waals surface area contributed by atoms with Crippen molar-refractivity contribution in [2.75, 3.05) is 19.6 Å². The van der Waals surface area contributed by atoms with E-state index in [2.05, 4.69) is 26.6 Å². The molecule has 9 N–H and O–H groups in total. The maximum atomic E-state index is 12.1. The van der Waals surface area contributed by atoms with E-state index >= 15 is 0 Å². The zero-order valence-electron chi connectivity index (χ0n) is 19.3. The molecule has 0 aliphatic heterocycles. The van der Waals surface area contributed by atoms with E-state index in [1.807, 2.05) is 0 Å². The van der Waals surface area contributed by atoms with Crippen LogP contribution in [0.2, 0.25) is 0 Å². The van der Waals surface area contributed by atoms with Crippen LogP contribution in [0.3, 0.4) is 0 Å². The minimum absolute atomic E-state index is 0.0153. The van der Waals surface area contributed by atoms with Crippen molar-refractivity contribution in [1.82, 2.24) is 26.6 Å². The number of benzene rings is 1. The van der Waals surface area contributed by atoms with Crippen LogP contribution in [0.15, 0.2) is 24.3 Å². The normalized spacial score (nSPS) is 12.9. The predicted octanol–water partition coefficient (Wildman–Crippen LogP) is -3.30. The van der Waals surface area contributed by atoms with Crippen LogP contribution in [0, 0.1) is 0 Å². The fraction of sp³-hybridized carbons (Fsp3) is 0.429. The van der Waals surface area contributed by atoms with Gasteiger partial charge in [-0.05, 0) is 31.5 Å². The summed E-state index contributed by atoms with van der Waals surface area (Å²) in [5.41, 5.74) is 5.71. The second kappa shape index (κ2) is 14.1. The molecule has 0 spiro atoms. The molecule has 0 saturated heterocycles. The molecule has 0 aromatic heterocycles. The number of carbonyl (C=O) groups excluding carboxylic acids is 5. The van der Waals surface area contributed by atoms with Crippen molar-refractivity contribution in [3.63, 3.8) is 0 Å². The molecule has 1 aromatic carbocycles. The van der Waals surface area contributed by atoms with Gasteiger partial charge in [-0.25, -0.2) is 4.79 Å². The van der Waals surface area contributed by atoms with Gasteiger partial charge in [0.1, 0.15) is 23.9 Å². The quantitative estimate of drug-likeness (QED) is 0.137. The van der Waals surface area contributed by atoms with Gasteiger partial charge in [0.25, 0.3) is 0 Å². The average Bonchev–Trinajstić information content (AvgIpc) is 2.81. The Hall–Kier alpha value is -4.20. The zero-order valence-corrected chi connectivity index (χ0v) is 19.3. The van der Waals surface area contributed by atoms with Crippen LogP contribution in [0.4, 0.5) is 0 Å². The highest BCUT2D eigenvalue weighted by Crippen LogP contribution is 2.11. The third-order valence-electron chi connectivity index (χ3n) is 4.58. The lowest BCUT2D eigenvalue weighted by molar-refractivity contribution is -0.141. The lowest BCUT2D eigenvalue weighted by atomic mass is 10.1. The number of rotatable bonds is 13. The summed E-state index contributed by atoms with van der Waals surface area (Å²) in [6, 6.07) is 2.57. The van der Waals surface area contributed by atoms with E-state index < -0.39 is 66.7 Å². The molecule has 3 atom stereocenters. The molecule has 14 nitrogen and oxygen atoms in total. The van der Waals surface area contributed by atoms with Gasteiger partial charge >= 0.3 is 5.97 Å². The fourth-order valence-electron chi connectivity index (χ4n) is 2.68. The van der Waals surface area contributed by atoms with Crippen LogP contribution in [0.5, 0.6) is 5.75 Å². The molecule has 1 aromatic rings. The second-order valence-electron chi connectivity index (χ2n) is 7.55. The molecule has 14 heteroatoms. The van der Waals surface area contributed by atoms with Gasteiger partial charge in [0.05, 0.1) is 19.6 Å². The van der Waals surface area contributed by atoms with Crippen LogP contribution >= 0.6 is 0 Å². The summed E-state index contributed by atoms with van der Waals surface area (Å²) < 4.78 is 0. The second-order valence-corrected chi connectivity index (χ2v) is 7.55. The first-order valence-corrected chi connectivity index (χ1v) is 10.6. The molecule has 0 radical (unpaired) electrons. The minimum Gasteiger partial charge on any atom is -0.508 e. The Morgan fingerprint density at radius 2 is 1.26 bits per heavy atom. The molecule has 1 rings (SSSR count). The predicted molar refractivity (Wildman–Crippen MR) is 122 cm³/mol. The van der Waals surface area contributed by atoms with Crippen molar-refractivity contribution in [3.05, 3.63) is 29.8 Å². The smallest absolute Gasteiger partial charge is 0.326 e. The molecule has 0 saturated carbocycles. The van der Waals surface area contributed by atoms with Crippen molar-refractivity contribution in [2.45, 2.75) is 38.4 Å². The Morgan fingerprint density at radius 1 is 0.800 bits per heavy atom. The number of aliphatic carboxylic acids is 1. The molecule has 0 fully saturated rings. The maximum Gasteiger partial charge on any atom is 0.326 e. The molecule has 0 aliphatic carbocycles. The highest BCUT2D eigenvalue weighted by molar-refractivity contribution is 5.93. The first kappa shape index (κ1) is 28.8. The van der Waals surface area contributed by atoms with Gasteiger partial charge in [0.2, 0.25) is 29.5 Å². The van der Waals surface area contributed by atoms with Crippen LogP contribution in [-0.4, -0.2) is 83.5 Å². The van der Waals surface area contributed by atoms with Crippen LogP contribution in [-0.2, 0) is 35.2 Å². The van der Waals surface area contributed by atoms with E-state index in [1.54, 1.807) is 0 Å². The molecule has 0 bridgehead atoms. The molecule has 5 amide bonds. The van der Waals surface area contributed by atoms with Gasteiger partial charge in [-0.2, -0.15) is 0 Å². The standard InChI is InChI=1S/C21H30N6O8/c1-11(25-16(29)8-22)19(32)23-9-17(30)26-12(2)20(33)24-10-18(31)27-15(21(34)35)7-13-3-5-14(28)6-4-13/h3-6,11-12,15,28H,7-10,22H2,1-2H3,(H,23,32)(H,24,33)(H,25,29)(H,26,30)(H,27,31)(H,34,35)/t11-,12-,15-/m0/s1. The zero-order chi connectivity index (χ0) is 26.5. The monoisotopic (exact) mass is 494 g/mol. The van der Waals surface area contributed by atoms with Gasteiger partial charge in [-0.3, -0.25) is 24.0 Å². The number of nitrogens with one attached hydrogen (secondary N) is 5. The number of phenols is 1. The van der Waals surface area contributed by atoms with E-state index in [0.717, 1.165) is 0 Å². The number of amides is 5. The van der Waals surface area contributed by atoms with Crippen LogP contribution < -0.4 is 32.3 Å². The molecule has 35 heavy (non-hydrogen) atoms. The highest BCUT2D eigenvalue weighted by atomic mass is 16.4. The van der Waals surface area contributed by atoms with E-state index in [1.165, 1.54) is 38.1 Å². The van der Waals surface area contributed by atoms with Crippen molar-refractivity contribution in [2.24, 2.45) is 5.73 Å². The summed E-state index contributed by atoms with van der Waals surface area (Å²) >= 11 is 0. The molecule has 0 aliphatic rings. The van der Waals surface area contributed by atoms with Gasteiger partial charge in [0, 0.05) is 6.42 Å². The molecular weight excluding hydrogens is 464 g/mol. The van der Waals surface area contributed by atoms with E-state index in [4.69, 9.17) is 5.73 Å². The Balaban J connectivity index is 2.43. The van der Waals surface area contributed by atoms with Crippen LogP contribution in [0.25, 0.3) is 0 Å². The summed E-state index contributed by atoms with van der Waals surface area (Å²) in [5, 5.41) is 30.1. The number of carboxylic acid groups (broad SMARTS) is 1. The Bertz CT molecular complexity index is 936. The van der Waals surface area contributed by atoms with Crippen molar-refractivity contribution < 1.29 is 39.0 Å². The number of carboxylic acids is 1. The van der Waals surface area contributed by atoms with Gasteiger partial charge < -0.3 is 42.5 Å². The van der Waals surface area contributed by atoms with E-state index in [-0.39, 0.29) is 18.7 Å². The number of phenolic OH excluding ortho intramolecular Hbond substituents is 1. The molecule has 0 heterocycles. The molecule has 0 unspecified atom stereocenters. The molecular formula is C21H30N6O8. The number of aromatic hydroxyl groups is 1. The summed E-state index contributed by atoms with van der Waals surface area (Å²) in [4.78, 5) is 70.6. The first-order valence-electron chi connectivity index (χ1n) is 10.6. The number of nitrogens with two attached hydrogens (primary N) is 1. The lowest BCUT2D eigenvalue weighted by Crippen LogP contribution is -2.52. The number of hydrogen-bond donors (Lipinski definition) is 8. The Kier molecular flexibility index (Phi) is 11.7. The fourth-order valence-corrected chi connectivity index (χ4v) is 2.68. The summed E-state index contributed by atoms with van der Waals surface area (Å²) in [6.45, 7) is 1.46. The van der Waals surface area contributed by atoms with Crippen molar-refractivity contribution >= 4 is 35.5 Å². The van der Waals surface area contributed by atoms with E-state index in [9.17, 15) is 39.0 Å². The number of hydrogen-bond acceptors (Lipinski definition) is 8. The highest BCUT2D eigenvalue weighted by Gasteiger charge is 2.22. The third-order valence-corrected chi connectivity index (χ3v) is 4.58. The van der Waals surface area contributed by atoms with Crippen LogP contribution in [0.1, 0.15) is 19.4 Å². The first-order chi connectivity index (χ1) is 16.4. The largest absolute Gasteiger partial charge is 0.508 e. The average molecular weight is 495 g/mol.